The Hall–Kier alpha value is -1.31. The van der Waals surface area contributed by atoms with Gasteiger partial charge in [0.2, 0.25) is 10.0 Å². The molecule has 0 saturated carbocycles. The van der Waals surface area contributed by atoms with Crippen LogP contribution in [0, 0.1) is 0 Å². The van der Waals surface area contributed by atoms with Gasteiger partial charge in [-0.15, -0.1) is 0 Å². The van der Waals surface area contributed by atoms with Gasteiger partial charge in [0.25, 0.3) is 0 Å². The van der Waals surface area contributed by atoms with E-state index in [1.54, 1.807) is 31.4 Å². The summed E-state index contributed by atoms with van der Waals surface area (Å²) in [5.41, 5.74) is 6.17. The molecule has 1 aromatic rings. The molecule has 0 unspecified atom stereocenters. The molecule has 0 spiro atoms. The third-order valence-electron chi connectivity index (χ3n) is 2.38. The van der Waals surface area contributed by atoms with Gasteiger partial charge in [0.1, 0.15) is 12.4 Å². The molecule has 0 bridgehead atoms. The van der Waals surface area contributed by atoms with Crippen LogP contribution in [-0.4, -0.2) is 41.0 Å². The lowest BCUT2D eigenvalue weighted by atomic mass is 10.3. The normalized spacial score (nSPS) is 11.4. The molecule has 0 radical (unpaired) electrons. The van der Waals surface area contributed by atoms with Gasteiger partial charge in [-0.05, 0) is 18.6 Å². The molecule has 0 atom stereocenters. The lowest BCUT2D eigenvalue weighted by Gasteiger charge is -2.09. The maximum absolute atomic E-state index is 11.6. The monoisotopic (exact) mass is 288 g/mol. The summed E-state index contributed by atoms with van der Waals surface area (Å²) in [6.45, 7) is 0.955. The molecule has 0 aromatic heterocycles. The minimum Gasteiger partial charge on any atom is -0.490 e. The summed E-state index contributed by atoms with van der Waals surface area (Å²) >= 11 is 0. The number of nitrogens with one attached hydrogen (secondary N) is 1. The SMILES string of the molecule is COCCCNS(=O)(=O)CCOc1ccccc1N. The number of para-hydroxylation sites is 2. The standard InChI is InChI=1S/C12H20N2O4S/c1-17-8-4-7-14-19(15,16)10-9-18-12-6-3-2-5-11(12)13/h2-3,5-6,14H,4,7-10,13H2,1H3. The zero-order chi connectivity index (χ0) is 14.1. The molecule has 0 heterocycles. The second kappa shape index (κ2) is 7.98. The molecule has 0 aliphatic rings. The fraction of sp³-hybridized carbons (Fsp3) is 0.500. The van der Waals surface area contributed by atoms with Crippen molar-refractivity contribution in [2.75, 3.05) is 38.4 Å². The molecule has 0 aliphatic carbocycles. The van der Waals surface area contributed by atoms with Crippen LogP contribution < -0.4 is 15.2 Å². The van der Waals surface area contributed by atoms with E-state index in [1.165, 1.54) is 0 Å². The number of sulfonamides is 1. The van der Waals surface area contributed by atoms with Crippen LogP contribution in [0.15, 0.2) is 24.3 Å². The molecule has 1 rings (SSSR count). The molecule has 6 nitrogen and oxygen atoms in total. The predicted octanol–water partition coefficient (Wildman–Crippen LogP) is 0.604. The van der Waals surface area contributed by atoms with Gasteiger partial charge in [0.15, 0.2) is 0 Å². The Morgan fingerprint density at radius 1 is 1.26 bits per heavy atom. The van der Waals surface area contributed by atoms with E-state index in [9.17, 15) is 8.42 Å². The first-order chi connectivity index (χ1) is 9.05. The van der Waals surface area contributed by atoms with E-state index in [2.05, 4.69) is 4.72 Å². The van der Waals surface area contributed by atoms with Gasteiger partial charge in [-0.25, -0.2) is 13.1 Å². The smallest absolute Gasteiger partial charge is 0.214 e. The minimum absolute atomic E-state index is 0.0633. The molecule has 0 aliphatic heterocycles. The van der Waals surface area contributed by atoms with Crippen molar-refractivity contribution < 1.29 is 17.9 Å². The van der Waals surface area contributed by atoms with Crippen molar-refractivity contribution in [2.24, 2.45) is 0 Å². The molecular weight excluding hydrogens is 268 g/mol. The van der Waals surface area contributed by atoms with E-state index in [0.717, 1.165) is 0 Å². The number of anilines is 1. The lowest BCUT2D eigenvalue weighted by molar-refractivity contribution is 0.196. The first-order valence-electron chi connectivity index (χ1n) is 5.99. The number of methoxy groups -OCH3 is 1. The molecule has 7 heteroatoms. The molecule has 0 fully saturated rings. The van der Waals surface area contributed by atoms with Crippen LogP contribution in [0.25, 0.3) is 0 Å². The summed E-state index contributed by atoms with van der Waals surface area (Å²) in [5.74, 6) is 0.394. The van der Waals surface area contributed by atoms with Gasteiger partial charge in [0.05, 0.1) is 11.4 Å². The van der Waals surface area contributed by atoms with Crippen LogP contribution in [0.1, 0.15) is 6.42 Å². The van der Waals surface area contributed by atoms with E-state index < -0.39 is 10.0 Å². The van der Waals surface area contributed by atoms with E-state index in [0.29, 0.717) is 31.0 Å². The summed E-state index contributed by atoms with van der Waals surface area (Å²) in [4.78, 5) is 0. The molecule has 0 amide bonds. The van der Waals surface area contributed by atoms with Gasteiger partial charge >= 0.3 is 0 Å². The van der Waals surface area contributed by atoms with E-state index in [4.69, 9.17) is 15.2 Å². The molecule has 108 valence electrons. The summed E-state index contributed by atoms with van der Waals surface area (Å²) in [7, 11) is -1.74. The fourth-order valence-corrected chi connectivity index (χ4v) is 2.29. The number of nitrogen functional groups attached to an aromatic ring is 1. The molecule has 3 N–H and O–H groups in total. The maximum atomic E-state index is 11.6. The van der Waals surface area contributed by atoms with Crippen molar-refractivity contribution >= 4 is 15.7 Å². The number of rotatable bonds is 9. The van der Waals surface area contributed by atoms with Crippen molar-refractivity contribution in [2.45, 2.75) is 6.42 Å². The Morgan fingerprint density at radius 3 is 2.68 bits per heavy atom. The minimum atomic E-state index is -3.32. The summed E-state index contributed by atoms with van der Waals surface area (Å²) < 4.78 is 35.9. The summed E-state index contributed by atoms with van der Waals surface area (Å²) in [6.07, 6.45) is 0.641. The van der Waals surface area contributed by atoms with Gasteiger partial charge in [-0.3, -0.25) is 0 Å². The zero-order valence-corrected chi connectivity index (χ0v) is 11.8. The molecular formula is C12H20N2O4S. The van der Waals surface area contributed by atoms with E-state index in [-0.39, 0.29) is 12.4 Å². The van der Waals surface area contributed by atoms with Gasteiger partial charge in [-0.1, -0.05) is 12.1 Å². The highest BCUT2D eigenvalue weighted by molar-refractivity contribution is 7.89. The average Bonchev–Trinajstić information content (AvgIpc) is 2.37. The third kappa shape index (κ3) is 6.42. The fourth-order valence-electron chi connectivity index (χ4n) is 1.39. The molecule has 0 saturated heterocycles. The second-order valence-corrected chi connectivity index (χ2v) is 5.87. The van der Waals surface area contributed by atoms with Crippen molar-refractivity contribution in [3.8, 4) is 5.75 Å². The highest BCUT2D eigenvalue weighted by atomic mass is 32.2. The Bertz CT molecular complexity index is 476. The largest absolute Gasteiger partial charge is 0.490 e. The number of hydrogen-bond acceptors (Lipinski definition) is 5. The van der Waals surface area contributed by atoms with Crippen LogP contribution in [0.3, 0.4) is 0 Å². The van der Waals surface area contributed by atoms with Crippen molar-refractivity contribution in [1.82, 2.24) is 4.72 Å². The number of benzene rings is 1. The first kappa shape index (κ1) is 15.7. The van der Waals surface area contributed by atoms with Gasteiger partial charge in [-0.2, -0.15) is 0 Å². The van der Waals surface area contributed by atoms with E-state index in [1.807, 2.05) is 0 Å². The van der Waals surface area contributed by atoms with Crippen LogP contribution in [0.4, 0.5) is 5.69 Å². The topological polar surface area (TPSA) is 90.6 Å². The Kier molecular flexibility index (Phi) is 6.61. The summed E-state index contributed by atoms with van der Waals surface area (Å²) in [6, 6.07) is 6.97. The van der Waals surface area contributed by atoms with Gasteiger partial charge in [0, 0.05) is 20.3 Å². The van der Waals surface area contributed by atoms with Gasteiger partial charge < -0.3 is 15.2 Å². The highest BCUT2D eigenvalue weighted by Crippen LogP contribution is 2.19. The number of hydrogen-bond donors (Lipinski definition) is 2. The summed E-state index contributed by atoms with van der Waals surface area (Å²) in [5, 5.41) is 0. The Morgan fingerprint density at radius 2 is 2.00 bits per heavy atom. The van der Waals surface area contributed by atoms with Crippen molar-refractivity contribution in [1.29, 1.82) is 0 Å². The molecule has 19 heavy (non-hydrogen) atoms. The van der Waals surface area contributed by atoms with Crippen LogP contribution in [0.5, 0.6) is 5.75 Å². The van der Waals surface area contributed by atoms with Crippen molar-refractivity contribution in [3.63, 3.8) is 0 Å². The molecule has 1 aromatic carbocycles. The average molecular weight is 288 g/mol. The number of nitrogens with two attached hydrogens (primary N) is 1. The van der Waals surface area contributed by atoms with E-state index >= 15 is 0 Å². The Labute approximate surface area is 113 Å². The number of ether oxygens (including phenoxy) is 2. The second-order valence-electron chi connectivity index (χ2n) is 3.95. The maximum Gasteiger partial charge on any atom is 0.214 e. The van der Waals surface area contributed by atoms with Crippen molar-refractivity contribution in [3.05, 3.63) is 24.3 Å². The quantitative estimate of drug-likeness (QED) is 0.513. The lowest BCUT2D eigenvalue weighted by Crippen LogP contribution is -2.30. The van der Waals surface area contributed by atoms with Crippen LogP contribution in [0.2, 0.25) is 0 Å². The zero-order valence-electron chi connectivity index (χ0n) is 11.0. The third-order valence-corrected chi connectivity index (χ3v) is 3.72. The highest BCUT2D eigenvalue weighted by Gasteiger charge is 2.10. The first-order valence-corrected chi connectivity index (χ1v) is 7.64. The predicted molar refractivity (Wildman–Crippen MR) is 74.6 cm³/mol. The van der Waals surface area contributed by atoms with Crippen LogP contribution in [-0.2, 0) is 14.8 Å². The van der Waals surface area contributed by atoms with Crippen LogP contribution >= 0.6 is 0 Å². The Balaban J connectivity index is 2.30.